The zero-order valence-corrected chi connectivity index (χ0v) is 11.8. The minimum atomic E-state index is -0.540. The van der Waals surface area contributed by atoms with E-state index in [1.165, 1.54) is 0 Å². The lowest BCUT2D eigenvalue weighted by Crippen LogP contribution is -2.52. The highest BCUT2D eigenvalue weighted by Gasteiger charge is 2.39. The Labute approximate surface area is 120 Å². The Hall–Kier alpha value is -1.82. The van der Waals surface area contributed by atoms with Crippen LogP contribution in [0.15, 0.2) is 23.1 Å². The lowest BCUT2D eigenvalue weighted by molar-refractivity contribution is -0.136. The first-order valence-corrected chi connectivity index (χ1v) is 7.65. The molecule has 3 rings (SSSR count). The quantitative estimate of drug-likeness (QED) is 0.656. The van der Waals surface area contributed by atoms with Crippen molar-refractivity contribution in [2.45, 2.75) is 30.3 Å². The van der Waals surface area contributed by atoms with Gasteiger partial charge in [-0.3, -0.25) is 19.7 Å². The van der Waals surface area contributed by atoms with Gasteiger partial charge in [-0.1, -0.05) is 6.07 Å². The number of rotatable bonds is 2. The van der Waals surface area contributed by atoms with Crippen LogP contribution in [-0.2, 0) is 16.1 Å². The van der Waals surface area contributed by atoms with Crippen molar-refractivity contribution in [1.29, 1.82) is 0 Å². The first kappa shape index (κ1) is 13.2. The summed E-state index contributed by atoms with van der Waals surface area (Å²) in [5, 5.41) is 2.31. The Morgan fingerprint density at radius 1 is 1.30 bits per heavy atom. The second-order valence-corrected chi connectivity index (χ2v) is 5.73. The lowest BCUT2D eigenvalue weighted by atomic mass is 10.0. The summed E-state index contributed by atoms with van der Waals surface area (Å²) in [7, 11) is 0. The fraction of sp³-hybridized carbons (Fsp3) is 0.357. The number of nitrogens with one attached hydrogen (secondary N) is 1. The first-order chi connectivity index (χ1) is 9.61. The Morgan fingerprint density at radius 3 is 2.80 bits per heavy atom. The van der Waals surface area contributed by atoms with Crippen molar-refractivity contribution in [3.8, 4) is 0 Å². The highest BCUT2D eigenvalue weighted by Crippen LogP contribution is 2.33. The molecule has 0 saturated carbocycles. The minimum absolute atomic E-state index is 0.120. The van der Waals surface area contributed by atoms with Gasteiger partial charge in [0.2, 0.25) is 11.8 Å². The average Bonchev–Trinajstić information content (AvgIpc) is 2.76. The highest BCUT2D eigenvalue weighted by molar-refractivity contribution is 7.98. The summed E-state index contributed by atoms with van der Waals surface area (Å²) in [4.78, 5) is 38.2. The number of imide groups is 1. The van der Waals surface area contributed by atoms with E-state index in [0.717, 1.165) is 10.5 Å². The second kappa shape index (κ2) is 4.94. The predicted octanol–water partition coefficient (Wildman–Crippen LogP) is 1.17. The summed E-state index contributed by atoms with van der Waals surface area (Å²) in [5.74, 6) is -0.751. The Kier molecular flexibility index (Phi) is 3.25. The normalized spacial score (nSPS) is 21.9. The molecule has 0 unspecified atom stereocenters. The molecule has 1 saturated heterocycles. The van der Waals surface area contributed by atoms with Crippen molar-refractivity contribution >= 4 is 29.5 Å². The largest absolute Gasteiger partial charge is 0.322 e. The SMILES string of the molecule is CSc1cccc2c1CN([C@@H]1CCC(=O)NC1=O)C2=O. The van der Waals surface area contributed by atoms with E-state index >= 15 is 0 Å². The van der Waals surface area contributed by atoms with Gasteiger partial charge in [-0.2, -0.15) is 0 Å². The molecule has 2 aliphatic rings. The maximum atomic E-state index is 12.4. The maximum absolute atomic E-state index is 12.4. The molecule has 6 heteroatoms. The summed E-state index contributed by atoms with van der Waals surface area (Å²) in [5.41, 5.74) is 1.65. The minimum Gasteiger partial charge on any atom is -0.322 e. The molecule has 0 spiro atoms. The number of thioether (sulfide) groups is 1. The van der Waals surface area contributed by atoms with Crippen molar-refractivity contribution < 1.29 is 14.4 Å². The third kappa shape index (κ3) is 2.00. The van der Waals surface area contributed by atoms with Crippen molar-refractivity contribution in [2.75, 3.05) is 6.26 Å². The van der Waals surface area contributed by atoms with Crippen molar-refractivity contribution in [3.05, 3.63) is 29.3 Å². The molecule has 20 heavy (non-hydrogen) atoms. The van der Waals surface area contributed by atoms with Gasteiger partial charge in [-0.25, -0.2) is 0 Å². The number of hydrogen-bond donors (Lipinski definition) is 1. The van der Waals surface area contributed by atoms with Crippen LogP contribution in [0, 0.1) is 0 Å². The van der Waals surface area contributed by atoms with Gasteiger partial charge in [-0.05, 0) is 30.4 Å². The van der Waals surface area contributed by atoms with Gasteiger partial charge in [0.25, 0.3) is 5.91 Å². The number of carbonyl (C=O) groups excluding carboxylic acids is 3. The molecule has 0 aliphatic carbocycles. The van der Waals surface area contributed by atoms with Crippen LogP contribution in [-0.4, -0.2) is 34.9 Å². The summed E-state index contributed by atoms with van der Waals surface area (Å²) in [6.45, 7) is 0.442. The molecule has 1 aromatic carbocycles. The average molecular weight is 290 g/mol. The van der Waals surface area contributed by atoms with Crippen LogP contribution in [0.5, 0.6) is 0 Å². The van der Waals surface area contributed by atoms with Crippen LogP contribution < -0.4 is 5.32 Å². The van der Waals surface area contributed by atoms with Crippen LogP contribution in [0.4, 0.5) is 0 Å². The molecule has 0 aromatic heterocycles. The maximum Gasteiger partial charge on any atom is 0.255 e. The molecule has 1 aromatic rings. The third-order valence-electron chi connectivity index (χ3n) is 3.76. The van der Waals surface area contributed by atoms with Gasteiger partial charge >= 0.3 is 0 Å². The van der Waals surface area contributed by atoms with Crippen LogP contribution in [0.2, 0.25) is 0 Å². The number of amides is 3. The number of piperidine rings is 1. The second-order valence-electron chi connectivity index (χ2n) is 4.89. The summed E-state index contributed by atoms with van der Waals surface area (Å²) >= 11 is 1.59. The summed E-state index contributed by atoms with van der Waals surface area (Å²) < 4.78 is 0. The van der Waals surface area contributed by atoms with E-state index in [9.17, 15) is 14.4 Å². The lowest BCUT2D eigenvalue weighted by Gasteiger charge is -2.29. The van der Waals surface area contributed by atoms with Gasteiger partial charge in [0.15, 0.2) is 0 Å². The number of hydrogen-bond acceptors (Lipinski definition) is 4. The van der Waals surface area contributed by atoms with Gasteiger partial charge in [0, 0.05) is 23.4 Å². The molecule has 1 fully saturated rings. The molecular formula is C14H14N2O3S. The van der Waals surface area contributed by atoms with Crippen LogP contribution in [0.1, 0.15) is 28.8 Å². The van der Waals surface area contributed by atoms with Gasteiger partial charge < -0.3 is 4.90 Å². The summed E-state index contributed by atoms with van der Waals surface area (Å²) in [6.07, 6.45) is 2.65. The predicted molar refractivity (Wildman–Crippen MR) is 74.3 cm³/mol. The fourth-order valence-corrected chi connectivity index (χ4v) is 3.38. The number of fused-ring (bicyclic) bond motifs is 1. The Morgan fingerprint density at radius 2 is 2.10 bits per heavy atom. The van der Waals surface area contributed by atoms with E-state index in [1.54, 1.807) is 22.7 Å². The summed E-state index contributed by atoms with van der Waals surface area (Å²) in [6, 6.07) is 5.09. The third-order valence-corrected chi connectivity index (χ3v) is 4.58. The van der Waals surface area contributed by atoms with Gasteiger partial charge in [0.05, 0.1) is 0 Å². The highest BCUT2D eigenvalue weighted by atomic mass is 32.2. The van der Waals surface area contributed by atoms with E-state index in [4.69, 9.17) is 0 Å². The van der Waals surface area contributed by atoms with E-state index in [2.05, 4.69) is 5.32 Å². The van der Waals surface area contributed by atoms with Crippen molar-refractivity contribution in [3.63, 3.8) is 0 Å². The number of nitrogens with zero attached hydrogens (tertiary/aromatic N) is 1. The molecule has 2 heterocycles. The molecule has 0 bridgehead atoms. The standard InChI is InChI=1S/C14H14N2O3S/c1-20-11-4-2-3-8-9(11)7-16(14(8)19)10-5-6-12(17)15-13(10)18/h2-4,10H,5-7H2,1H3,(H,15,17,18)/t10-/m1/s1. The molecule has 2 aliphatic heterocycles. The monoisotopic (exact) mass is 290 g/mol. The van der Waals surface area contributed by atoms with Crippen LogP contribution >= 0.6 is 11.8 Å². The molecule has 5 nitrogen and oxygen atoms in total. The number of benzene rings is 1. The van der Waals surface area contributed by atoms with E-state index < -0.39 is 6.04 Å². The zero-order valence-electron chi connectivity index (χ0n) is 11.0. The van der Waals surface area contributed by atoms with E-state index in [0.29, 0.717) is 18.5 Å². The van der Waals surface area contributed by atoms with Crippen molar-refractivity contribution in [1.82, 2.24) is 10.2 Å². The molecule has 1 atom stereocenters. The van der Waals surface area contributed by atoms with Gasteiger partial charge in [-0.15, -0.1) is 11.8 Å². The molecule has 3 amide bonds. The molecule has 0 radical (unpaired) electrons. The Balaban J connectivity index is 1.90. The van der Waals surface area contributed by atoms with E-state index in [1.807, 2.05) is 18.4 Å². The molecule has 1 N–H and O–H groups in total. The van der Waals surface area contributed by atoms with Crippen molar-refractivity contribution in [2.24, 2.45) is 0 Å². The van der Waals surface area contributed by atoms with Crippen LogP contribution in [0.3, 0.4) is 0 Å². The van der Waals surface area contributed by atoms with Crippen LogP contribution in [0.25, 0.3) is 0 Å². The zero-order chi connectivity index (χ0) is 14.3. The molecular weight excluding hydrogens is 276 g/mol. The fourth-order valence-electron chi connectivity index (χ4n) is 2.75. The smallest absolute Gasteiger partial charge is 0.255 e. The topological polar surface area (TPSA) is 66.5 Å². The first-order valence-electron chi connectivity index (χ1n) is 6.42. The van der Waals surface area contributed by atoms with Gasteiger partial charge in [0.1, 0.15) is 6.04 Å². The Bertz CT molecular complexity index is 614. The number of carbonyl (C=O) groups is 3. The molecule has 104 valence electrons. The van der Waals surface area contributed by atoms with E-state index in [-0.39, 0.29) is 24.1 Å².